The van der Waals surface area contributed by atoms with Gasteiger partial charge in [0.25, 0.3) is 5.91 Å². The van der Waals surface area contributed by atoms with Gasteiger partial charge in [-0.3, -0.25) is 9.48 Å². The number of hydrogen-bond donors (Lipinski definition) is 1. The van der Waals surface area contributed by atoms with Crippen molar-refractivity contribution >= 4 is 23.2 Å². The Kier molecular flexibility index (Phi) is 6.04. The van der Waals surface area contributed by atoms with E-state index >= 15 is 0 Å². The Hall–Kier alpha value is -2.01. The standard InChI is InChI=1S/C17H23ClN4O/c1-4-22(14-9-6-5-7-10-14)12-8-11-19-17(23)15-13(2)20-21(3)16(15)18/h5-7,9-10H,4,8,11-12H2,1-3H3,(H,19,23). The predicted molar refractivity (Wildman–Crippen MR) is 94.2 cm³/mol. The van der Waals surface area contributed by atoms with Crippen molar-refractivity contribution in [3.8, 4) is 0 Å². The second kappa shape index (κ2) is 8.02. The molecule has 0 spiro atoms. The number of anilines is 1. The number of aromatic nitrogens is 2. The smallest absolute Gasteiger partial charge is 0.256 e. The van der Waals surface area contributed by atoms with Crippen LogP contribution in [0, 0.1) is 6.92 Å². The number of carbonyl (C=O) groups is 1. The maximum Gasteiger partial charge on any atom is 0.256 e. The van der Waals surface area contributed by atoms with Crippen molar-refractivity contribution in [3.63, 3.8) is 0 Å². The van der Waals surface area contributed by atoms with Crippen LogP contribution in [-0.2, 0) is 7.05 Å². The zero-order valence-corrected chi connectivity index (χ0v) is 14.6. The number of hydrogen-bond acceptors (Lipinski definition) is 3. The number of halogens is 1. The second-order valence-corrected chi connectivity index (χ2v) is 5.76. The highest BCUT2D eigenvalue weighted by Crippen LogP contribution is 2.18. The van der Waals surface area contributed by atoms with Crippen molar-refractivity contribution in [1.82, 2.24) is 15.1 Å². The third-order valence-corrected chi connectivity index (χ3v) is 4.21. The lowest BCUT2D eigenvalue weighted by atomic mass is 10.2. The molecule has 1 aromatic heterocycles. The SMILES string of the molecule is CCN(CCCNC(=O)c1c(C)nn(C)c1Cl)c1ccccc1. The van der Waals surface area contributed by atoms with Crippen LogP contribution in [0.15, 0.2) is 30.3 Å². The molecule has 0 saturated carbocycles. The fourth-order valence-electron chi connectivity index (χ4n) is 2.56. The molecule has 0 fully saturated rings. The van der Waals surface area contributed by atoms with E-state index in [1.807, 2.05) is 18.2 Å². The Bertz CT molecular complexity index is 654. The minimum Gasteiger partial charge on any atom is -0.372 e. The molecular weight excluding hydrogens is 312 g/mol. The summed E-state index contributed by atoms with van der Waals surface area (Å²) in [6.45, 7) is 6.35. The Labute approximate surface area is 142 Å². The van der Waals surface area contributed by atoms with E-state index in [4.69, 9.17) is 11.6 Å². The molecule has 2 rings (SSSR count). The molecule has 1 N–H and O–H groups in total. The Morgan fingerprint density at radius 1 is 1.35 bits per heavy atom. The van der Waals surface area contributed by atoms with E-state index in [1.165, 1.54) is 10.4 Å². The van der Waals surface area contributed by atoms with Crippen LogP contribution in [-0.4, -0.2) is 35.3 Å². The van der Waals surface area contributed by atoms with Crippen LogP contribution in [0.25, 0.3) is 0 Å². The lowest BCUT2D eigenvalue weighted by Gasteiger charge is -2.23. The maximum atomic E-state index is 12.2. The number of amides is 1. The molecule has 0 aliphatic heterocycles. The molecule has 0 atom stereocenters. The van der Waals surface area contributed by atoms with E-state index in [1.54, 1.807) is 14.0 Å². The summed E-state index contributed by atoms with van der Waals surface area (Å²) in [5.41, 5.74) is 2.31. The number of rotatable bonds is 7. The van der Waals surface area contributed by atoms with E-state index in [0.717, 1.165) is 19.5 Å². The summed E-state index contributed by atoms with van der Waals surface area (Å²) in [4.78, 5) is 14.5. The zero-order chi connectivity index (χ0) is 16.8. The Balaban J connectivity index is 1.84. The van der Waals surface area contributed by atoms with Crippen LogP contribution >= 0.6 is 11.6 Å². The minimum atomic E-state index is -0.164. The van der Waals surface area contributed by atoms with Gasteiger partial charge in [0, 0.05) is 32.4 Å². The quantitative estimate of drug-likeness (QED) is 0.792. The minimum absolute atomic E-state index is 0.164. The van der Waals surface area contributed by atoms with Gasteiger partial charge in [-0.25, -0.2) is 0 Å². The maximum absolute atomic E-state index is 12.2. The molecule has 0 unspecified atom stereocenters. The molecule has 23 heavy (non-hydrogen) atoms. The number of para-hydroxylation sites is 1. The summed E-state index contributed by atoms with van der Waals surface area (Å²) in [5, 5.41) is 7.45. The molecule has 1 heterocycles. The van der Waals surface area contributed by atoms with Crippen molar-refractivity contribution in [1.29, 1.82) is 0 Å². The van der Waals surface area contributed by atoms with E-state index in [9.17, 15) is 4.79 Å². The molecule has 0 radical (unpaired) electrons. The summed E-state index contributed by atoms with van der Waals surface area (Å²) in [6, 6.07) is 10.3. The third-order valence-electron chi connectivity index (χ3n) is 3.77. The molecule has 0 bridgehead atoms. The highest BCUT2D eigenvalue weighted by molar-refractivity contribution is 6.33. The van der Waals surface area contributed by atoms with Gasteiger partial charge in [0.2, 0.25) is 0 Å². The molecule has 5 nitrogen and oxygen atoms in total. The van der Waals surface area contributed by atoms with Gasteiger partial charge in [0.1, 0.15) is 5.15 Å². The largest absolute Gasteiger partial charge is 0.372 e. The van der Waals surface area contributed by atoms with Crippen LogP contribution in [0.5, 0.6) is 0 Å². The molecule has 2 aromatic rings. The summed E-state index contributed by atoms with van der Waals surface area (Å²) >= 11 is 6.11. The molecule has 0 aliphatic rings. The number of benzene rings is 1. The molecule has 0 aliphatic carbocycles. The third kappa shape index (κ3) is 4.26. The predicted octanol–water partition coefficient (Wildman–Crippen LogP) is 3.03. The van der Waals surface area contributed by atoms with E-state index in [0.29, 0.717) is 23.0 Å². The number of nitrogens with zero attached hydrogens (tertiary/aromatic N) is 3. The lowest BCUT2D eigenvalue weighted by Crippen LogP contribution is -2.30. The van der Waals surface area contributed by atoms with Crippen LogP contribution < -0.4 is 10.2 Å². The van der Waals surface area contributed by atoms with E-state index in [2.05, 4.69) is 34.4 Å². The van der Waals surface area contributed by atoms with Gasteiger partial charge in [-0.2, -0.15) is 5.10 Å². The summed E-state index contributed by atoms with van der Waals surface area (Å²) in [6.07, 6.45) is 0.866. The topological polar surface area (TPSA) is 50.2 Å². The number of nitrogens with one attached hydrogen (secondary N) is 1. The van der Waals surface area contributed by atoms with Gasteiger partial charge in [-0.1, -0.05) is 29.8 Å². The van der Waals surface area contributed by atoms with Crippen molar-refractivity contribution in [3.05, 3.63) is 46.7 Å². The number of carbonyl (C=O) groups excluding carboxylic acids is 1. The van der Waals surface area contributed by atoms with Crippen molar-refractivity contribution < 1.29 is 4.79 Å². The van der Waals surface area contributed by atoms with Crippen LogP contribution in [0.1, 0.15) is 29.4 Å². The van der Waals surface area contributed by atoms with Crippen LogP contribution in [0.3, 0.4) is 0 Å². The molecule has 1 aromatic carbocycles. The van der Waals surface area contributed by atoms with Gasteiger partial charge in [0.05, 0.1) is 11.3 Å². The fourth-order valence-corrected chi connectivity index (χ4v) is 2.82. The first-order valence-electron chi connectivity index (χ1n) is 7.81. The first-order valence-corrected chi connectivity index (χ1v) is 8.19. The molecule has 0 saturated heterocycles. The molecule has 6 heteroatoms. The highest BCUT2D eigenvalue weighted by Gasteiger charge is 2.18. The fraction of sp³-hybridized carbons (Fsp3) is 0.412. The summed E-state index contributed by atoms with van der Waals surface area (Å²) < 4.78 is 1.51. The summed E-state index contributed by atoms with van der Waals surface area (Å²) in [7, 11) is 1.73. The average molecular weight is 335 g/mol. The van der Waals surface area contributed by atoms with Crippen LogP contribution in [0.2, 0.25) is 5.15 Å². The molecular formula is C17H23ClN4O. The average Bonchev–Trinajstić information content (AvgIpc) is 2.81. The van der Waals surface area contributed by atoms with E-state index in [-0.39, 0.29) is 5.91 Å². The van der Waals surface area contributed by atoms with Crippen molar-refractivity contribution in [2.75, 3.05) is 24.5 Å². The van der Waals surface area contributed by atoms with Gasteiger partial charge in [-0.15, -0.1) is 0 Å². The molecule has 124 valence electrons. The van der Waals surface area contributed by atoms with Gasteiger partial charge < -0.3 is 10.2 Å². The van der Waals surface area contributed by atoms with Crippen molar-refractivity contribution in [2.24, 2.45) is 7.05 Å². The Morgan fingerprint density at radius 3 is 2.61 bits per heavy atom. The van der Waals surface area contributed by atoms with Gasteiger partial charge >= 0.3 is 0 Å². The number of aryl methyl sites for hydroxylation is 2. The first kappa shape index (κ1) is 17.3. The van der Waals surface area contributed by atoms with E-state index < -0.39 is 0 Å². The summed E-state index contributed by atoms with van der Waals surface area (Å²) in [5.74, 6) is -0.164. The normalized spacial score (nSPS) is 10.6. The van der Waals surface area contributed by atoms with Gasteiger partial charge in [-0.05, 0) is 32.4 Å². The highest BCUT2D eigenvalue weighted by atomic mass is 35.5. The van der Waals surface area contributed by atoms with Gasteiger partial charge in [0.15, 0.2) is 0 Å². The van der Waals surface area contributed by atoms with Crippen LogP contribution in [0.4, 0.5) is 5.69 Å². The monoisotopic (exact) mass is 334 g/mol. The zero-order valence-electron chi connectivity index (χ0n) is 13.8. The second-order valence-electron chi connectivity index (χ2n) is 5.40. The molecule has 1 amide bonds. The Morgan fingerprint density at radius 2 is 2.04 bits per heavy atom. The first-order chi connectivity index (χ1) is 11.0. The van der Waals surface area contributed by atoms with Crippen molar-refractivity contribution in [2.45, 2.75) is 20.3 Å². The lowest BCUT2D eigenvalue weighted by molar-refractivity contribution is 0.0953.